The van der Waals surface area contributed by atoms with E-state index in [0.717, 1.165) is 73.9 Å². The second kappa shape index (κ2) is 9.76. The zero-order chi connectivity index (χ0) is 25.4. The van der Waals surface area contributed by atoms with Crippen LogP contribution < -0.4 is 5.32 Å². The summed E-state index contributed by atoms with van der Waals surface area (Å²) in [6.07, 6.45) is 12.4. The van der Waals surface area contributed by atoms with Gasteiger partial charge < -0.3 is 20.3 Å². The van der Waals surface area contributed by atoms with Crippen LogP contribution in [0.15, 0.2) is 31.0 Å². The van der Waals surface area contributed by atoms with Crippen LogP contribution in [0.1, 0.15) is 44.9 Å². The normalized spacial score (nSPS) is 28.5. The standard InChI is InChI=1S/C26H33N9O2/c27-7-6-26(35-16-18(15-31-35)23-22-5-8-28-24(22)30-17-29-23)13-20(14-26)33-9-11-34(12-10-33)25(37)32-19-1-3-21(36)4-2-19/h5,8,15-17,19-21,36H,1-4,6,9-14H2,(H,32,37)(H,28,29,30)/t19-,20?,21-,26?. The highest BCUT2D eigenvalue weighted by Gasteiger charge is 2.49. The average molecular weight is 504 g/mol. The van der Waals surface area contributed by atoms with Gasteiger partial charge >= 0.3 is 6.03 Å². The number of aliphatic hydroxyl groups is 1. The van der Waals surface area contributed by atoms with Crippen LogP contribution in [0.4, 0.5) is 4.79 Å². The maximum Gasteiger partial charge on any atom is 0.317 e. The molecule has 11 nitrogen and oxygen atoms in total. The molecule has 2 aliphatic carbocycles. The number of nitrogens with one attached hydrogen (secondary N) is 2. The van der Waals surface area contributed by atoms with E-state index in [2.05, 4.69) is 36.3 Å². The third-order valence-corrected chi connectivity index (χ3v) is 8.48. The smallest absolute Gasteiger partial charge is 0.317 e. The molecule has 6 rings (SSSR count). The molecular formula is C26H33N9O2. The summed E-state index contributed by atoms with van der Waals surface area (Å²) < 4.78 is 1.97. The molecule has 3 aliphatic rings. The number of aromatic amines is 1. The van der Waals surface area contributed by atoms with Gasteiger partial charge in [0.2, 0.25) is 0 Å². The SMILES string of the molecule is N#CCC1(n2cc(-c3ncnc4[nH]ccc34)cn2)CC(N2CCN(C(=O)N[C@H]3CC[C@H](O)CC3)CC2)C1. The van der Waals surface area contributed by atoms with E-state index in [1.165, 1.54) is 0 Å². The number of H-pyrrole nitrogens is 1. The fraction of sp³-hybridized carbons (Fsp3) is 0.577. The molecule has 0 atom stereocenters. The Morgan fingerprint density at radius 3 is 2.73 bits per heavy atom. The predicted molar refractivity (Wildman–Crippen MR) is 136 cm³/mol. The highest BCUT2D eigenvalue weighted by atomic mass is 16.3. The predicted octanol–water partition coefficient (Wildman–Crippen LogP) is 2.22. The second-order valence-corrected chi connectivity index (χ2v) is 10.7. The van der Waals surface area contributed by atoms with E-state index in [9.17, 15) is 15.2 Å². The lowest BCUT2D eigenvalue weighted by molar-refractivity contribution is -0.0132. The van der Waals surface area contributed by atoms with Crippen LogP contribution in [0.5, 0.6) is 0 Å². The van der Waals surface area contributed by atoms with Crippen LogP contribution >= 0.6 is 0 Å². The number of piperazine rings is 1. The molecule has 1 aliphatic heterocycles. The van der Waals surface area contributed by atoms with Crippen molar-refractivity contribution in [3.8, 4) is 17.3 Å². The van der Waals surface area contributed by atoms with E-state index < -0.39 is 0 Å². The van der Waals surface area contributed by atoms with Gasteiger partial charge in [0, 0.05) is 61.6 Å². The Bertz CT molecular complexity index is 1290. The fourth-order valence-electron chi connectivity index (χ4n) is 6.22. The van der Waals surface area contributed by atoms with Gasteiger partial charge in [0.25, 0.3) is 0 Å². The number of hydrogen-bond acceptors (Lipinski definition) is 7. The molecule has 2 amide bonds. The van der Waals surface area contributed by atoms with Crippen molar-refractivity contribution < 1.29 is 9.90 Å². The number of urea groups is 1. The Morgan fingerprint density at radius 2 is 1.97 bits per heavy atom. The third kappa shape index (κ3) is 4.55. The number of nitriles is 1. The summed E-state index contributed by atoms with van der Waals surface area (Å²) in [6, 6.07) is 4.91. The van der Waals surface area contributed by atoms with Crippen LogP contribution in [0.25, 0.3) is 22.3 Å². The van der Waals surface area contributed by atoms with Gasteiger partial charge in [-0.15, -0.1) is 0 Å². The molecule has 3 aromatic rings. The van der Waals surface area contributed by atoms with Crippen molar-refractivity contribution in [3.63, 3.8) is 0 Å². The number of rotatable bonds is 5. The van der Waals surface area contributed by atoms with Gasteiger partial charge in [0.1, 0.15) is 12.0 Å². The van der Waals surface area contributed by atoms with E-state index in [4.69, 9.17) is 0 Å². The van der Waals surface area contributed by atoms with Gasteiger partial charge in [0.05, 0.1) is 36.0 Å². The molecule has 0 bridgehead atoms. The molecule has 1 saturated heterocycles. The number of carbonyl (C=O) groups is 1. The molecule has 3 fully saturated rings. The van der Waals surface area contributed by atoms with Crippen LogP contribution in [0.2, 0.25) is 0 Å². The average Bonchev–Trinajstić information content (AvgIpc) is 3.58. The van der Waals surface area contributed by atoms with Crippen LogP contribution in [-0.2, 0) is 5.54 Å². The molecule has 37 heavy (non-hydrogen) atoms. The van der Waals surface area contributed by atoms with Crippen molar-refractivity contribution in [2.75, 3.05) is 26.2 Å². The Hall–Kier alpha value is -3.49. The summed E-state index contributed by atoms with van der Waals surface area (Å²) in [5.41, 5.74) is 2.22. The molecule has 11 heteroatoms. The zero-order valence-electron chi connectivity index (χ0n) is 20.9. The second-order valence-electron chi connectivity index (χ2n) is 10.7. The zero-order valence-corrected chi connectivity index (χ0v) is 20.9. The first kappa shape index (κ1) is 23.9. The van der Waals surface area contributed by atoms with Gasteiger partial charge in [0.15, 0.2) is 0 Å². The van der Waals surface area contributed by atoms with Crippen LogP contribution in [0.3, 0.4) is 0 Å². The van der Waals surface area contributed by atoms with Crippen molar-refractivity contribution >= 4 is 17.1 Å². The third-order valence-electron chi connectivity index (χ3n) is 8.48. The summed E-state index contributed by atoms with van der Waals surface area (Å²) in [6.45, 7) is 3.08. The molecule has 3 aromatic heterocycles. The first-order valence-corrected chi connectivity index (χ1v) is 13.2. The quantitative estimate of drug-likeness (QED) is 0.485. The molecule has 0 radical (unpaired) electrons. The highest BCUT2D eigenvalue weighted by molar-refractivity contribution is 5.90. The number of aliphatic hydroxyl groups excluding tert-OH is 1. The summed E-state index contributed by atoms with van der Waals surface area (Å²) in [5.74, 6) is 0. The van der Waals surface area contributed by atoms with Crippen LogP contribution in [0, 0.1) is 11.3 Å². The fourth-order valence-corrected chi connectivity index (χ4v) is 6.22. The topological polar surface area (TPSA) is 139 Å². The van der Waals surface area contributed by atoms with Gasteiger partial charge in [-0.3, -0.25) is 9.58 Å². The number of fused-ring (bicyclic) bond motifs is 1. The monoisotopic (exact) mass is 503 g/mol. The van der Waals surface area contributed by atoms with Crippen molar-refractivity contribution in [3.05, 3.63) is 31.0 Å². The minimum Gasteiger partial charge on any atom is -0.393 e. The van der Waals surface area contributed by atoms with E-state index in [-0.39, 0.29) is 23.7 Å². The lowest BCUT2D eigenvalue weighted by Gasteiger charge is -2.52. The lowest BCUT2D eigenvalue weighted by atomic mass is 9.70. The highest BCUT2D eigenvalue weighted by Crippen LogP contribution is 2.45. The summed E-state index contributed by atoms with van der Waals surface area (Å²) in [7, 11) is 0. The molecule has 4 heterocycles. The molecule has 0 unspecified atom stereocenters. The number of amides is 2. The van der Waals surface area contributed by atoms with Gasteiger partial charge in [-0.2, -0.15) is 10.4 Å². The van der Waals surface area contributed by atoms with E-state index in [1.807, 2.05) is 34.2 Å². The Balaban J connectivity index is 1.06. The number of hydrogen-bond donors (Lipinski definition) is 3. The maximum atomic E-state index is 12.7. The molecular weight excluding hydrogens is 470 g/mol. The molecule has 3 N–H and O–H groups in total. The van der Waals surface area contributed by atoms with Crippen molar-refractivity contribution in [1.82, 2.24) is 39.8 Å². The number of carbonyl (C=O) groups excluding carboxylic acids is 1. The minimum absolute atomic E-state index is 0.0128. The first-order valence-electron chi connectivity index (χ1n) is 13.2. The number of nitrogens with zero attached hydrogens (tertiary/aromatic N) is 7. The first-order chi connectivity index (χ1) is 18.0. The summed E-state index contributed by atoms with van der Waals surface area (Å²) >= 11 is 0. The Morgan fingerprint density at radius 1 is 1.19 bits per heavy atom. The van der Waals surface area contributed by atoms with Crippen molar-refractivity contribution in [1.29, 1.82) is 5.26 Å². The Labute approximate surface area is 215 Å². The van der Waals surface area contributed by atoms with Crippen molar-refractivity contribution in [2.24, 2.45) is 0 Å². The van der Waals surface area contributed by atoms with Gasteiger partial charge in [-0.25, -0.2) is 14.8 Å². The summed E-state index contributed by atoms with van der Waals surface area (Å²) in [5, 5.41) is 28.1. The Kier molecular flexibility index (Phi) is 6.30. The maximum absolute atomic E-state index is 12.7. The van der Waals surface area contributed by atoms with Crippen LogP contribution in [-0.4, -0.2) is 90.0 Å². The largest absolute Gasteiger partial charge is 0.393 e. The van der Waals surface area contributed by atoms with Gasteiger partial charge in [-0.1, -0.05) is 0 Å². The summed E-state index contributed by atoms with van der Waals surface area (Å²) in [4.78, 5) is 29.0. The number of aromatic nitrogens is 5. The molecule has 0 spiro atoms. The van der Waals surface area contributed by atoms with E-state index >= 15 is 0 Å². The lowest BCUT2D eigenvalue weighted by Crippen LogP contribution is -2.61. The van der Waals surface area contributed by atoms with Gasteiger partial charge in [-0.05, 0) is 44.6 Å². The minimum atomic E-state index is -0.317. The molecule has 2 saturated carbocycles. The van der Waals surface area contributed by atoms with E-state index in [0.29, 0.717) is 25.6 Å². The van der Waals surface area contributed by atoms with E-state index in [1.54, 1.807) is 6.33 Å². The molecule has 0 aromatic carbocycles. The van der Waals surface area contributed by atoms with Crippen molar-refractivity contribution in [2.45, 2.75) is 68.7 Å². The molecule has 194 valence electrons.